The Bertz CT molecular complexity index is 567. The van der Waals surface area contributed by atoms with Gasteiger partial charge < -0.3 is 5.73 Å². The number of nitrogens with two attached hydrogens (primary N) is 1. The van der Waals surface area contributed by atoms with Crippen LogP contribution < -0.4 is 5.73 Å². The van der Waals surface area contributed by atoms with E-state index < -0.39 is 0 Å². The van der Waals surface area contributed by atoms with E-state index in [2.05, 4.69) is 44.0 Å². The third-order valence-electron chi connectivity index (χ3n) is 3.77. The Balaban J connectivity index is 2.24. The number of thiophene rings is 1. The maximum Gasteiger partial charge on any atom is 0.0566 e. The van der Waals surface area contributed by atoms with Crippen LogP contribution in [-0.2, 0) is 0 Å². The Hall–Kier alpha value is -0.870. The highest BCUT2D eigenvalue weighted by Crippen LogP contribution is 2.34. The Labute approximate surface area is 130 Å². The van der Waals surface area contributed by atoms with Gasteiger partial charge in [0.1, 0.15) is 0 Å². The molecule has 0 amide bonds. The molecule has 2 nitrogen and oxygen atoms in total. The van der Waals surface area contributed by atoms with Crippen molar-refractivity contribution < 1.29 is 0 Å². The second-order valence-electron chi connectivity index (χ2n) is 5.06. The monoisotopic (exact) mass is 308 g/mol. The molecule has 1 heterocycles. The van der Waals surface area contributed by atoms with Crippen molar-refractivity contribution in [3.63, 3.8) is 0 Å². The molecule has 0 spiro atoms. The SMILES string of the molecule is Cc1ccc(C(CN)N(C)C(C)c2ccccc2Cl)s1. The van der Waals surface area contributed by atoms with Gasteiger partial charge in [0.05, 0.1) is 6.04 Å². The van der Waals surface area contributed by atoms with Crippen LogP contribution in [0.15, 0.2) is 36.4 Å². The summed E-state index contributed by atoms with van der Waals surface area (Å²) in [6.45, 7) is 4.90. The topological polar surface area (TPSA) is 29.3 Å². The van der Waals surface area contributed by atoms with E-state index in [4.69, 9.17) is 17.3 Å². The average molecular weight is 309 g/mol. The van der Waals surface area contributed by atoms with Gasteiger partial charge in [-0.15, -0.1) is 11.3 Å². The molecule has 0 saturated carbocycles. The van der Waals surface area contributed by atoms with Crippen LogP contribution in [0.1, 0.15) is 34.3 Å². The van der Waals surface area contributed by atoms with Crippen LogP contribution in [0, 0.1) is 6.92 Å². The van der Waals surface area contributed by atoms with E-state index >= 15 is 0 Å². The van der Waals surface area contributed by atoms with Crippen LogP contribution in [0.3, 0.4) is 0 Å². The summed E-state index contributed by atoms with van der Waals surface area (Å²) in [6, 6.07) is 12.8. The standard InChI is InChI=1S/C16H21ClN2S/c1-11-8-9-16(20-11)15(10-18)19(3)12(2)13-6-4-5-7-14(13)17/h4-9,12,15H,10,18H2,1-3H3. The van der Waals surface area contributed by atoms with Crippen LogP contribution in [0.5, 0.6) is 0 Å². The summed E-state index contributed by atoms with van der Waals surface area (Å²) in [5, 5.41) is 0.810. The van der Waals surface area contributed by atoms with Crippen LogP contribution in [-0.4, -0.2) is 18.5 Å². The second kappa shape index (κ2) is 6.72. The van der Waals surface area contributed by atoms with Crippen LogP contribution >= 0.6 is 22.9 Å². The molecule has 2 N–H and O–H groups in total. The number of hydrogen-bond donors (Lipinski definition) is 1. The van der Waals surface area contributed by atoms with Crippen molar-refractivity contribution >= 4 is 22.9 Å². The molecule has 0 aliphatic carbocycles. The van der Waals surface area contributed by atoms with Gasteiger partial charge in [-0.05, 0) is 44.7 Å². The van der Waals surface area contributed by atoms with Crippen LogP contribution in [0.2, 0.25) is 5.02 Å². The zero-order valence-corrected chi connectivity index (χ0v) is 13.7. The highest BCUT2D eigenvalue weighted by molar-refractivity contribution is 7.12. The minimum absolute atomic E-state index is 0.222. The molecular formula is C16H21ClN2S. The fourth-order valence-corrected chi connectivity index (χ4v) is 3.75. The van der Waals surface area contributed by atoms with Gasteiger partial charge in [-0.2, -0.15) is 0 Å². The zero-order chi connectivity index (χ0) is 14.7. The summed E-state index contributed by atoms with van der Waals surface area (Å²) < 4.78 is 0. The quantitative estimate of drug-likeness (QED) is 0.887. The van der Waals surface area contributed by atoms with E-state index in [-0.39, 0.29) is 12.1 Å². The van der Waals surface area contributed by atoms with Crippen molar-refractivity contribution in [2.45, 2.75) is 25.9 Å². The number of nitrogens with zero attached hydrogens (tertiary/aromatic N) is 1. The number of hydrogen-bond acceptors (Lipinski definition) is 3. The van der Waals surface area contributed by atoms with E-state index in [9.17, 15) is 0 Å². The molecule has 2 unspecified atom stereocenters. The fraction of sp³-hybridized carbons (Fsp3) is 0.375. The van der Waals surface area contributed by atoms with E-state index in [1.807, 2.05) is 29.5 Å². The molecule has 0 fully saturated rings. The predicted octanol–water partition coefficient (Wildman–Crippen LogP) is 4.40. The van der Waals surface area contributed by atoms with Gasteiger partial charge in [0, 0.05) is 27.4 Å². The Morgan fingerprint density at radius 1 is 1.25 bits per heavy atom. The van der Waals surface area contributed by atoms with Gasteiger partial charge in [-0.1, -0.05) is 29.8 Å². The first-order valence-corrected chi connectivity index (χ1v) is 7.96. The van der Waals surface area contributed by atoms with Gasteiger partial charge >= 0.3 is 0 Å². The van der Waals surface area contributed by atoms with E-state index in [0.29, 0.717) is 6.54 Å². The van der Waals surface area contributed by atoms with Crippen molar-refractivity contribution in [2.24, 2.45) is 5.73 Å². The minimum atomic E-state index is 0.222. The summed E-state index contributed by atoms with van der Waals surface area (Å²) in [5.74, 6) is 0. The first-order chi connectivity index (χ1) is 9.54. The molecule has 4 heteroatoms. The number of rotatable bonds is 5. The molecule has 20 heavy (non-hydrogen) atoms. The van der Waals surface area contributed by atoms with Gasteiger partial charge in [0.15, 0.2) is 0 Å². The van der Waals surface area contributed by atoms with E-state index in [0.717, 1.165) is 10.6 Å². The maximum atomic E-state index is 6.31. The lowest BCUT2D eigenvalue weighted by atomic mass is 10.0. The van der Waals surface area contributed by atoms with Crippen molar-refractivity contribution in [1.29, 1.82) is 0 Å². The third-order valence-corrected chi connectivity index (χ3v) is 5.22. The summed E-state index contributed by atoms with van der Waals surface area (Å²) in [7, 11) is 2.11. The highest BCUT2D eigenvalue weighted by atomic mass is 35.5. The van der Waals surface area contributed by atoms with Crippen molar-refractivity contribution in [3.8, 4) is 0 Å². The van der Waals surface area contributed by atoms with Crippen molar-refractivity contribution in [2.75, 3.05) is 13.6 Å². The van der Waals surface area contributed by atoms with Crippen LogP contribution in [0.4, 0.5) is 0 Å². The van der Waals surface area contributed by atoms with E-state index in [1.54, 1.807) is 0 Å². The lowest BCUT2D eigenvalue weighted by Crippen LogP contribution is -2.32. The summed E-state index contributed by atoms with van der Waals surface area (Å²) >= 11 is 8.12. The molecule has 1 aromatic heterocycles. The van der Waals surface area contributed by atoms with Gasteiger partial charge in [-0.3, -0.25) is 4.90 Å². The van der Waals surface area contributed by atoms with Crippen molar-refractivity contribution in [3.05, 3.63) is 56.7 Å². The smallest absolute Gasteiger partial charge is 0.0566 e. The molecule has 0 radical (unpaired) electrons. The normalized spacial score (nSPS) is 14.5. The summed E-state index contributed by atoms with van der Waals surface area (Å²) in [5.41, 5.74) is 7.14. The molecule has 0 saturated heterocycles. The largest absolute Gasteiger partial charge is 0.329 e. The lowest BCUT2D eigenvalue weighted by molar-refractivity contribution is 0.193. The van der Waals surface area contributed by atoms with Gasteiger partial charge in [-0.25, -0.2) is 0 Å². The molecule has 2 atom stereocenters. The molecule has 2 rings (SSSR count). The fourth-order valence-electron chi connectivity index (χ4n) is 2.42. The van der Waals surface area contributed by atoms with Crippen molar-refractivity contribution in [1.82, 2.24) is 4.90 Å². The molecular weight excluding hydrogens is 288 g/mol. The van der Waals surface area contributed by atoms with Gasteiger partial charge in [0.25, 0.3) is 0 Å². The first kappa shape index (κ1) is 15.5. The maximum absolute atomic E-state index is 6.31. The first-order valence-electron chi connectivity index (χ1n) is 6.77. The molecule has 2 aromatic rings. The number of benzene rings is 1. The Morgan fingerprint density at radius 2 is 1.95 bits per heavy atom. The third kappa shape index (κ3) is 3.23. The minimum Gasteiger partial charge on any atom is -0.329 e. The summed E-state index contributed by atoms with van der Waals surface area (Å²) in [4.78, 5) is 4.93. The Kier molecular flexibility index (Phi) is 5.22. The number of halogens is 1. The molecule has 1 aromatic carbocycles. The molecule has 0 aliphatic heterocycles. The number of likely N-dealkylation sites (N-methyl/N-ethyl adjacent to an activating group) is 1. The number of aryl methyl sites for hydroxylation is 1. The Morgan fingerprint density at radius 3 is 2.50 bits per heavy atom. The zero-order valence-electron chi connectivity index (χ0n) is 12.1. The molecule has 0 aliphatic rings. The van der Waals surface area contributed by atoms with E-state index in [1.165, 1.54) is 9.75 Å². The van der Waals surface area contributed by atoms with Gasteiger partial charge in [0.2, 0.25) is 0 Å². The highest BCUT2D eigenvalue weighted by Gasteiger charge is 2.23. The average Bonchev–Trinajstić information content (AvgIpc) is 2.85. The molecule has 0 bridgehead atoms. The lowest BCUT2D eigenvalue weighted by Gasteiger charge is -2.32. The second-order valence-corrected chi connectivity index (χ2v) is 6.79. The summed E-state index contributed by atoms with van der Waals surface area (Å²) in [6.07, 6.45) is 0. The van der Waals surface area contributed by atoms with Crippen LogP contribution in [0.25, 0.3) is 0 Å². The molecule has 108 valence electrons. The predicted molar refractivity (Wildman–Crippen MR) is 88.5 cm³/mol.